The summed E-state index contributed by atoms with van der Waals surface area (Å²) in [6, 6.07) is 8.51. The quantitative estimate of drug-likeness (QED) is 0.830. The van der Waals surface area contributed by atoms with Crippen LogP contribution < -0.4 is 10.1 Å². The van der Waals surface area contributed by atoms with Gasteiger partial charge in [0.15, 0.2) is 0 Å². The van der Waals surface area contributed by atoms with Gasteiger partial charge in [0.2, 0.25) is 5.89 Å². The summed E-state index contributed by atoms with van der Waals surface area (Å²) < 4.78 is 10.6. The van der Waals surface area contributed by atoms with Gasteiger partial charge >= 0.3 is 6.01 Å². The second kappa shape index (κ2) is 6.78. The number of anilines is 1. The first kappa shape index (κ1) is 13.4. The number of benzene rings is 1. The fourth-order valence-electron chi connectivity index (χ4n) is 1.78. The molecule has 0 fully saturated rings. The molecule has 1 heterocycles. The van der Waals surface area contributed by atoms with Crippen molar-refractivity contribution in [2.24, 2.45) is 0 Å². The van der Waals surface area contributed by atoms with E-state index in [0.29, 0.717) is 11.9 Å². The lowest BCUT2D eigenvalue weighted by Gasteiger charge is -2.04. The predicted molar refractivity (Wildman–Crippen MR) is 73.5 cm³/mol. The number of methoxy groups -OCH3 is 1. The van der Waals surface area contributed by atoms with Gasteiger partial charge in [-0.3, -0.25) is 0 Å². The van der Waals surface area contributed by atoms with E-state index in [2.05, 4.69) is 28.5 Å². The van der Waals surface area contributed by atoms with Crippen LogP contribution in [0.2, 0.25) is 0 Å². The van der Waals surface area contributed by atoms with Crippen molar-refractivity contribution >= 4 is 6.01 Å². The van der Waals surface area contributed by atoms with E-state index >= 15 is 0 Å². The molecule has 1 aromatic carbocycles. The summed E-state index contributed by atoms with van der Waals surface area (Å²) in [4.78, 5) is 0. The van der Waals surface area contributed by atoms with E-state index in [1.807, 2.05) is 18.2 Å². The summed E-state index contributed by atoms with van der Waals surface area (Å²) in [5.74, 6) is 1.56. The monoisotopic (exact) mass is 261 g/mol. The van der Waals surface area contributed by atoms with Crippen LogP contribution in [0.25, 0.3) is 0 Å². The van der Waals surface area contributed by atoms with Crippen LogP contribution in [0.15, 0.2) is 28.7 Å². The van der Waals surface area contributed by atoms with Crippen molar-refractivity contribution in [2.75, 3.05) is 19.0 Å². The molecule has 0 saturated carbocycles. The third-order valence-electron chi connectivity index (χ3n) is 2.75. The second-order valence-corrected chi connectivity index (χ2v) is 4.28. The Bertz CT molecular complexity index is 511. The topological polar surface area (TPSA) is 60.2 Å². The van der Waals surface area contributed by atoms with Crippen LogP contribution in [0.4, 0.5) is 6.01 Å². The molecule has 0 atom stereocenters. The first-order valence-corrected chi connectivity index (χ1v) is 6.51. The van der Waals surface area contributed by atoms with Crippen molar-refractivity contribution in [1.82, 2.24) is 10.2 Å². The summed E-state index contributed by atoms with van der Waals surface area (Å²) in [6.45, 7) is 2.83. The average molecular weight is 261 g/mol. The van der Waals surface area contributed by atoms with Gasteiger partial charge < -0.3 is 14.5 Å². The molecule has 0 amide bonds. The molecule has 2 rings (SSSR count). The molecule has 2 aromatic rings. The smallest absolute Gasteiger partial charge is 0.315 e. The van der Waals surface area contributed by atoms with E-state index in [-0.39, 0.29) is 0 Å². The van der Waals surface area contributed by atoms with Gasteiger partial charge in [0.05, 0.1) is 7.11 Å². The molecule has 102 valence electrons. The van der Waals surface area contributed by atoms with Gasteiger partial charge in [-0.15, -0.1) is 5.10 Å². The van der Waals surface area contributed by atoms with E-state index in [4.69, 9.17) is 9.15 Å². The Balaban J connectivity index is 1.81. The summed E-state index contributed by atoms with van der Waals surface area (Å²) in [5, 5.41) is 11.0. The molecule has 0 bridgehead atoms. The van der Waals surface area contributed by atoms with Gasteiger partial charge in [0, 0.05) is 13.0 Å². The average Bonchev–Trinajstić information content (AvgIpc) is 2.87. The molecule has 1 N–H and O–H groups in total. The number of nitrogens with one attached hydrogen (secondary N) is 1. The number of hydrogen-bond donors (Lipinski definition) is 1. The second-order valence-electron chi connectivity index (χ2n) is 4.28. The van der Waals surface area contributed by atoms with Crippen LogP contribution in [0.3, 0.4) is 0 Å². The maximum atomic E-state index is 5.45. The fourth-order valence-corrected chi connectivity index (χ4v) is 1.78. The number of aryl methyl sites for hydroxylation is 1. The highest BCUT2D eigenvalue weighted by molar-refractivity contribution is 5.29. The number of rotatable bonds is 7. The number of hydrogen-bond acceptors (Lipinski definition) is 5. The van der Waals surface area contributed by atoms with Crippen LogP contribution >= 0.6 is 0 Å². The Morgan fingerprint density at radius 2 is 2.16 bits per heavy atom. The third kappa shape index (κ3) is 3.98. The van der Waals surface area contributed by atoms with Crippen molar-refractivity contribution < 1.29 is 9.15 Å². The van der Waals surface area contributed by atoms with Gasteiger partial charge in [-0.05, 0) is 30.5 Å². The molecule has 1 aromatic heterocycles. The molecule has 5 nitrogen and oxygen atoms in total. The van der Waals surface area contributed by atoms with Crippen LogP contribution in [-0.2, 0) is 12.8 Å². The summed E-state index contributed by atoms with van der Waals surface area (Å²) >= 11 is 0. The molecule has 0 spiro atoms. The standard InChI is InChI=1S/C14H19N3O2/c1-3-5-13-16-17-14(19-13)15-9-8-11-6-4-7-12(10-11)18-2/h4,6-7,10H,3,5,8-9H2,1-2H3,(H,15,17). The van der Waals surface area contributed by atoms with Crippen LogP contribution in [-0.4, -0.2) is 23.9 Å². The molecule has 19 heavy (non-hydrogen) atoms. The Hall–Kier alpha value is -2.04. The maximum Gasteiger partial charge on any atom is 0.315 e. The van der Waals surface area contributed by atoms with Crippen LogP contribution in [0.1, 0.15) is 24.8 Å². The molecule has 0 aliphatic heterocycles. The Morgan fingerprint density at radius 1 is 1.26 bits per heavy atom. The minimum atomic E-state index is 0.492. The van der Waals surface area contributed by atoms with Gasteiger partial charge in [0.1, 0.15) is 5.75 Å². The van der Waals surface area contributed by atoms with Crippen molar-refractivity contribution in [1.29, 1.82) is 0 Å². The largest absolute Gasteiger partial charge is 0.497 e. The molecule has 0 unspecified atom stereocenters. The molecular formula is C14H19N3O2. The Morgan fingerprint density at radius 3 is 2.95 bits per heavy atom. The summed E-state index contributed by atoms with van der Waals surface area (Å²) in [7, 11) is 1.67. The first-order valence-electron chi connectivity index (χ1n) is 6.51. The highest BCUT2D eigenvalue weighted by Crippen LogP contribution is 2.13. The molecule has 0 saturated heterocycles. The molecule has 0 aliphatic rings. The highest BCUT2D eigenvalue weighted by Gasteiger charge is 2.04. The van der Waals surface area contributed by atoms with Crippen molar-refractivity contribution in [3.05, 3.63) is 35.7 Å². The van der Waals surface area contributed by atoms with E-state index in [1.165, 1.54) is 5.56 Å². The zero-order valence-corrected chi connectivity index (χ0v) is 11.3. The van der Waals surface area contributed by atoms with E-state index < -0.39 is 0 Å². The summed E-state index contributed by atoms with van der Waals surface area (Å²) in [6.07, 6.45) is 2.71. The van der Waals surface area contributed by atoms with Crippen molar-refractivity contribution in [3.8, 4) is 5.75 Å². The minimum Gasteiger partial charge on any atom is -0.497 e. The first-order chi connectivity index (χ1) is 9.31. The van der Waals surface area contributed by atoms with E-state index in [1.54, 1.807) is 7.11 Å². The highest BCUT2D eigenvalue weighted by atomic mass is 16.5. The molecule has 5 heteroatoms. The van der Waals surface area contributed by atoms with Crippen molar-refractivity contribution in [3.63, 3.8) is 0 Å². The zero-order chi connectivity index (χ0) is 13.5. The van der Waals surface area contributed by atoms with Crippen LogP contribution in [0.5, 0.6) is 5.75 Å². The molecular weight excluding hydrogens is 242 g/mol. The Labute approximate surface area is 113 Å². The number of aromatic nitrogens is 2. The third-order valence-corrected chi connectivity index (χ3v) is 2.75. The van der Waals surface area contributed by atoms with Gasteiger partial charge in [-0.1, -0.05) is 24.2 Å². The number of nitrogens with zero attached hydrogens (tertiary/aromatic N) is 2. The van der Waals surface area contributed by atoms with Gasteiger partial charge in [0.25, 0.3) is 0 Å². The lowest BCUT2D eigenvalue weighted by molar-refractivity contribution is 0.414. The lowest BCUT2D eigenvalue weighted by atomic mass is 10.1. The minimum absolute atomic E-state index is 0.492. The lowest BCUT2D eigenvalue weighted by Crippen LogP contribution is -2.05. The molecule has 0 aliphatic carbocycles. The zero-order valence-electron chi connectivity index (χ0n) is 11.3. The summed E-state index contributed by atoms with van der Waals surface area (Å²) in [5.41, 5.74) is 1.21. The van der Waals surface area contributed by atoms with E-state index in [9.17, 15) is 0 Å². The van der Waals surface area contributed by atoms with Gasteiger partial charge in [-0.25, -0.2) is 0 Å². The maximum absolute atomic E-state index is 5.45. The Kier molecular flexibility index (Phi) is 4.78. The normalized spacial score (nSPS) is 10.4. The molecule has 0 radical (unpaired) electrons. The van der Waals surface area contributed by atoms with Crippen LogP contribution in [0, 0.1) is 0 Å². The van der Waals surface area contributed by atoms with E-state index in [0.717, 1.165) is 31.6 Å². The van der Waals surface area contributed by atoms with Crippen molar-refractivity contribution in [2.45, 2.75) is 26.2 Å². The fraction of sp³-hybridized carbons (Fsp3) is 0.429. The SMILES string of the molecule is CCCc1nnc(NCCc2cccc(OC)c2)o1. The predicted octanol–water partition coefficient (Wildman–Crippen LogP) is 2.69. The van der Waals surface area contributed by atoms with Gasteiger partial charge in [-0.2, -0.15) is 0 Å². The number of ether oxygens (including phenoxy) is 1.